The highest BCUT2D eigenvalue weighted by atomic mass is 32.1. The second kappa shape index (κ2) is 7.05. The van der Waals surface area contributed by atoms with E-state index in [2.05, 4.69) is 55.5 Å². The van der Waals surface area contributed by atoms with Crippen molar-refractivity contribution in [2.45, 2.75) is 39.3 Å². The van der Waals surface area contributed by atoms with Gasteiger partial charge in [-0.1, -0.05) is 13.0 Å². The standard InChI is InChI=1S/C13H24N2S/c1-5-11(2)14-8-9-15(4)12(3)13-7-6-10-16-13/h6-7,10-12,14H,5,8-9H2,1-4H3. The van der Waals surface area contributed by atoms with Crippen LogP contribution in [0.1, 0.15) is 38.1 Å². The van der Waals surface area contributed by atoms with Gasteiger partial charge in [0, 0.05) is 30.1 Å². The van der Waals surface area contributed by atoms with Crippen molar-refractivity contribution in [1.29, 1.82) is 0 Å². The monoisotopic (exact) mass is 240 g/mol. The third-order valence-corrected chi connectivity index (χ3v) is 4.23. The fourth-order valence-electron chi connectivity index (χ4n) is 1.57. The van der Waals surface area contributed by atoms with Gasteiger partial charge in [-0.05, 0) is 38.8 Å². The molecule has 0 bridgehead atoms. The Balaban J connectivity index is 2.27. The van der Waals surface area contributed by atoms with E-state index in [0.717, 1.165) is 13.1 Å². The van der Waals surface area contributed by atoms with E-state index in [1.165, 1.54) is 11.3 Å². The normalized spacial score (nSPS) is 15.3. The van der Waals surface area contributed by atoms with Gasteiger partial charge in [-0.3, -0.25) is 4.90 Å². The number of hydrogen-bond donors (Lipinski definition) is 1. The summed E-state index contributed by atoms with van der Waals surface area (Å²) in [6.45, 7) is 8.90. The molecule has 0 saturated carbocycles. The lowest BCUT2D eigenvalue weighted by atomic mass is 10.2. The van der Waals surface area contributed by atoms with Gasteiger partial charge >= 0.3 is 0 Å². The van der Waals surface area contributed by atoms with Crippen LogP contribution in [0.2, 0.25) is 0 Å². The Morgan fingerprint density at radius 1 is 1.44 bits per heavy atom. The van der Waals surface area contributed by atoms with E-state index >= 15 is 0 Å². The summed E-state index contributed by atoms with van der Waals surface area (Å²) >= 11 is 1.84. The summed E-state index contributed by atoms with van der Waals surface area (Å²) in [5.74, 6) is 0. The molecule has 2 nitrogen and oxygen atoms in total. The zero-order valence-electron chi connectivity index (χ0n) is 10.9. The number of hydrogen-bond acceptors (Lipinski definition) is 3. The minimum Gasteiger partial charge on any atom is -0.313 e. The van der Waals surface area contributed by atoms with E-state index in [-0.39, 0.29) is 0 Å². The maximum absolute atomic E-state index is 3.53. The number of likely N-dealkylation sites (N-methyl/N-ethyl adjacent to an activating group) is 1. The molecular formula is C13H24N2S. The fourth-order valence-corrected chi connectivity index (χ4v) is 2.42. The number of thiophene rings is 1. The molecule has 0 aromatic carbocycles. The molecule has 1 rings (SSSR count). The van der Waals surface area contributed by atoms with Crippen LogP contribution in [0, 0.1) is 0 Å². The average Bonchev–Trinajstić information content (AvgIpc) is 2.81. The molecule has 0 fully saturated rings. The predicted molar refractivity (Wildman–Crippen MR) is 73.1 cm³/mol. The van der Waals surface area contributed by atoms with E-state index in [1.54, 1.807) is 0 Å². The largest absolute Gasteiger partial charge is 0.313 e. The first-order chi connectivity index (χ1) is 7.65. The Bertz CT molecular complexity index is 271. The summed E-state index contributed by atoms with van der Waals surface area (Å²) in [6, 6.07) is 5.50. The molecule has 0 aliphatic rings. The highest BCUT2D eigenvalue weighted by Gasteiger charge is 2.11. The van der Waals surface area contributed by atoms with Crippen LogP contribution >= 0.6 is 11.3 Å². The van der Waals surface area contributed by atoms with Gasteiger partial charge in [-0.25, -0.2) is 0 Å². The minimum absolute atomic E-state index is 0.527. The predicted octanol–water partition coefficient (Wildman–Crippen LogP) is 3.13. The molecule has 0 spiro atoms. The van der Waals surface area contributed by atoms with Crippen molar-refractivity contribution in [1.82, 2.24) is 10.2 Å². The highest BCUT2D eigenvalue weighted by molar-refractivity contribution is 7.10. The van der Waals surface area contributed by atoms with Gasteiger partial charge in [-0.15, -0.1) is 11.3 Å². The molecule has 0 radical (unpaired) electrons. The van der Waals surface area contributed by atoms with E-state index in [0.29, 0.717) is 12.1 Å². The Morgan fingerprint density at radius 2 is 2.19 bits per heavy atom. The summed E-state index contributed by atoms with van der Waals surface area (Å²) in [6.07, 6.45) is 1.20. The van der Waals surface area contributed by atoms with E-state index in [9.17, 15) is 0 Å². The lowest BCUT2D eigenvalue weighted by Gasteiger charge is -2.24. The summed E-state index contributed by atoms with van der Waals surface area (Å²) in [4.78, 5) is 3.85. The minimum atomic E-state index is 0.527. The Hall–Kier alpha value is -0.380. The first-order valence-corrected chi connectivity index (χ1v) is 7.00. The first-order valence-electron chi connectivity index (χ1n) is 6.12. The van der Waals surface area contributed by atoms with Crippen LogP contribution in [0.3, 0.4) is 0 Å². The second-order valence-corrected chi connectivity index (χ2v) is 5.41. The van der Waals surface area contributed by atoms with Crippen LogP contribution in [0.25, 0.3) is 0 Å². The summed E-state index contributed by atoms with van der Waals surface area (Å²) < 4.78 is 0. The van der Waals surface area contributed by atoms with Crippen molar-refractivity contribution in [2.75, 3.05) is 20.1 Å². The van der Waals surface area contributed by atoms with Gasteiger partial charge in [0.15, 0.2) is 0 Å². The second-order valence-electron chi connectivity index (χ2n) is 4.44. The van der Waals surface area contributed by atoms with Crippen LogP contribution in [0.15, 0.2) is 17.5 Å². The molecule has 0 aliphatic heterocycles. The van der Waals surface area contributed by atoms with Crippen molar-refractivity contribution in [3.05, 3.63) is 22.4 Å². The van der Waals surface area contributed by atoms with Gasteiger partial charge in [0.25, 0.3) is 0 Å². The number of rotatable bonds is 7. The molecule has 3 heteroatoms. The topological polar surface area (TPSA) is 15.3 Å². The van der Waals surface area contributed by atoms with Crippen LogP contribution < -0.4 is 5.32 Å². The van der Waals surface area contributed by atoms with Crippen molar-refractivity contribution in [3.63, 3.8) is 0 Å². The summed E-state index contributed by atoms with van der Waals surface area (Å²) in [5.41, 5.74) is 0. The smallest absolute Gasteiger partial charge is 0.0410 e. The Labute approximate surface area is 104 Å². The van der Waals surface area contributed by atoms with Crippen molar-refractivity contribution >= 4 is 11.3 Å². The third kappa shape index (κ3) is 4.24. The van der Waals surface area contributed by atoms with Crippen LogP contribution in [-0.2, 0) is 0 Å². The Morgan fingerprint density at radius 3 is 2.75 bits per heavy atom. The molecule has 2 unspecified atom stereocenters. The number of nitrogens with zero attached hydrogens (tertiary/aromatic N) is 1. The lowest BCUT2D eigenvalue weighted by Crippen LogP contribution is -2.34. The van der Waals surface area contributed by atoms with Gasteiger partial charge in [0.1, 0.15) is 0 Å². The molecular weight excluding hydrogens is 216 g/mol. The molecule has 0 amide bonds. The zero-order chi connectivity index (χ0) is 12.0. The molecule has 0 saturated heterocycles. The van der Waals surface area contributed by atoms with Crippen molar-refractivity contribution < 1.29 is 0 Å². The quantitative estimate of drug-likeness (QED) is 0.788. The third-order valence-electron chi connectivity index (χ3n) is 3.19. The molecule has 0 aliphatic carbocycles. The van der Waals surface area contributed by atoms with Gasteiger partial charge in [0.2, 0.25) is 0 Å². The van der Waals surface area contributed by atoms with Gasteiger partial charge < -0.3 is 5.32 Å². The Kier molecular flexibility index (Phi) is 6.03. The van der Waals surface area contributed by atoms with Crippen molar-refractivity contribution in [3.8, 4) is 0 Å². The van der Waals surface area contributed by atoms with Crippen LogP contribution in [0.5, 0.6) is 0 Å². The van der Waals surface area contributed by atoms with Gasteiger partial charge in [0.05, 0.1) is 0 Å². The van der Waals surface area contributed by atoms with E-state index in [1.807, 2.05) is 11.3 Å². The van der Waals surface area contributed by atoms with E-state index in [4.69, 9.17) is 0 Å². The van der Waals surface area contributed by atoms with E-state index < -0.39 is 0 Å². The molecule has 1 aromatic rings. The summed E-state index contributed by atoms with van der Waals surface area (Å²) in [5, 5.41) is 5.67. The zero-order valence-corrected chi connectivity index (χ0v) is 11.7. The maximum Gasteiger partial charge on any atom is 0.0410 e. The molecule has 1 aromatic heterocycles. The molecule has 1 N–H and O–H groups in total. The molecule has 2 atom stereocenters. The molecule has 16 heavy (non-hydrogen) atoms. The summed E-state index contributed by atoms with van der Waals surface area (Å²) in [7, 11) is 2.20. The molecule has 92 valence electrons. The molecule has 1 heterocycles. The SMILES string of the molecule is CCC(C)NCCN(C)C(C)c1cccs1. The lowest BCUT2D eigenvalue weighted by molar-refractivity contribution is 0.260. The maximum atomic E-state index is 3.53. The van der Waals surface area contributed by atoms with Crippen LogP contribution in [-0.4, -0.2) is 31.1 Å². The first kappa shape index (κ1) is 13.7. The average molecular weight is 240 g/mol. The fraction of sp³-hybridized carbons (Fsp3) is 0.692. The number of nitrogens with one attached hydrogen (secondary N) is 1. The van der Waals surface area contributed by atoms with Crippen molar-refractivity contribution in [2.24, 2.45) is 0 Å². The highest BCUT2D eigenvalue weighted by Crippen LogP contribution is 2.22. The van der Waals surface area contributed by atoms with Gasteiger partial charge in [-0.2, -0.15) is 0 Å². The van der Waals surface area contributed by atoms with Crippen LogP contribution in [0.4, 0.5) is 0 Å².